The van der Waals surface area contributed by atoms with Crippen molar-refractivity contribution in [1.82, 2.24) is 20.9 Å². The number of likely N-dealkylation sites (tertiary alicyclic amines) is 1. The predicted octanol–water partition coefficient (Wildman–Crippen LogP) is 3.12. The summed E-state index contributed by atoms with van der Waals surface area (Å²) in [5.41, 5.74) is 0.117. The Hall–Kier alpha value is -1.26. The van der Waals surface area contributed by atoms with E-state index < -0.39 is 30.2 Å². The van der Waals surface area contributed by atoms with Gasteiger partial charge in [-0.05, 0) is 49.3 Å². The molecule has 0 radical (unpaired) electrons. The molecule has 0 aromatic heterocycles. The van der Waals surface area contributed by atoms with Crippen LogP contribution in [0.4, 0.5) is 17.6 Å². The van der Waals surface area contributed by atoms with Gasteiger partial charge in [0.1, 0.15) is 0 Å². The molecule has 6 atom stereocenters. The molecule has 174 valence electrons. The van der Waals surface area contributed by atoms with E-state index in [1.54, 1.807) is 0 Å². The smallest absolute Gasteiger partial charge is 0.393 e. The highest BCUT2D eigenvalue weighted by molar-refractivity contribution is 5.27. The van der Waals surface area contributed by atoms with Crippen LogP contribution in [0.3, 0.4) is 0 Å². The summed E-state index contributed by atoms with van der Waals surface area (Å²) in [5, 5.41) is 19.8. The largest absolute Gasteiger partial charge is 0.416 e. The molecule has 3 aliphatic rings. The summed E-state index contributed by atoms with van der Waals surface area (Å²) in [6, 6.07) is 5.13. The number of halogens is 4. The Morgan fingerprint density at radius 3 is 2.48 bits per heavy atom. The van der Waals surface area contributed by atoms with Gasteiger partial charge in [0, 0.05) is 25.8 Å². The number of alkyl halides is 4. The highest BCUT2D eigenvalue weighted by atomic mass is 19.4. The van der Waals surface area contributed by atoms with Crippen LogP contribution in [0.2, 0.25) is 0 Å². The third kappa shape index (κ3) is 5.22. The third-order valence-corrected chi connectivity index (χ3v) is 7.00. The lowest BCUT2D eigenvalue weighted by molar-refractivity contribution is -0.137. The van der Waals surface area contributed by atoms with E-state index in [0.29, 0.717) is 19.8 Å². The molecular formula is C22H32F4N4O. The summed E-state index contributed by atoms with van der Waals surface area (Å²) in [6.07, 6.45) is -1.45. The lowest BCUT2D eigenvalue weighted by atomic mass is 9.86. The number of nitrogens with one attached hydrogen (secondary N) is 3. The van der Waals surface area contributed by atoms with Crippen LogP contribution in [-0.4, -0.2) is 54.4 Å². The lowest BCUT2D eigenvalue weighted by Crippen LogP contribution is -2.68. The van der Waals surface area contributed by atoms with Crippen molar-refractivity contribution >= 4 is 0 Å². The van der Waals surface area contributed by atoms with E-state index >= 15 is 4.39 Å². The molecule has 3 fully saturated rings. The van der Waals surface area contributed by atoms with E-state index in [4.69, 9.17) is 0 Å². The van der Waals surface area contributed by atoms with Crippen molar-refractivity contribution in [3.05, 3.63) is 35.4 Å². The summed E-state index contributed by atoms with van der Waals surface area (Å²) in [4.78, 5) is 2.04. The molecule has 5 unspecified atom stereocenters. The monoisotopic (exact) mass is 444 g/mol. The summed E-state index contributed by atoms with van der Waals surface area (Å²) in [7, 11) is 0. The van der Waals surface area contributed by atoms with Crippen LogP contribution in [-0.2, 0) is 6.18 Å². The summed E-state index contributed by atoms with van der Waals surface area (Å²) < 4.78 is 54.2. The Kier molecular flexibility index (Phi) is 7.17. The topological polar surface area (TPSA) is 59.6 Å². The van der Waals surface area contributed by atoms with Crippen molar-refractivity contribution in [3.63, 3.8) is 0 Å². The SMILES string of the molecule is OC1CCCCC1CNC1NCNC(N2CCC[C@@H]2c2ccc(C(F)(F)F)cc2)C1F. The fourth-order valence-corrected chi connectivity index (χ4v) is 5.24. The van der Waals surface area contributed by atoms with E-state index in [2.05, 4.69) is 16.0 Å². The van der Waals surface area contributed by atoms with Crippen LogP contribution in [0.25, 0.3) is 0 Å². The first-order valence-electron chi connectivity index (χ1n) is 11.3. The Labute approximate surface area is 180 Å². The first kappa shape index (κ1) is 22.9. The zero-order chi connectivity index (χ0) is 22.0. The molecule has 1 aromatic carbocycles. The molecule has 1 aromatic rings. The van der Waals surface area contributed by atoms with Gasteiger partial charge in [-0.15, -0.1) is 0 Å². The maximum absolute atomic E-state index is 15.5. The number of benzene rings is 1. The minimum atomic E-state index is -4.36. The molecule has 5 nitrogen and oxygen atoms in total. The Morgan fingerprint density at radius 1 is 1.03 bits per heavy atom. The maximum Gasteiger partial charge on any atom is 0.416 e. The molecular weight excluding hydrogens is 412 g/mol. The number of aliphatic hydroxyl groups excluding tert-OH is 1. The van der Waals surface area contributed by atoms with Gasteiger partial charge in [-0.25, -0.2) is 4.39 Å². The molecule has 1 aliphatic carbocycles. The number of nitrogens with zero attached hydrogens (tertiary/aromatic N) is 1. The van der Waals surface area contributed by atoms with Crippen molar-refractivity contribution in [2.75, 3.05) is 19.8 Å². The van der Waals surface area contributed by atoms with Crippen molar-refractivity contribution in [2.24, 2.45) is 5.92 Å². The fourth-order valence-electron chi connectivity index (χ4n) is 5.24. The van der Waals surface area contributed by atoms with Crippen molar-refractivity contribution in [1.29, 1.82) is 0 Å². The molecule has 31 heavy (non-hydrogen) atoms. The van der Waals surface area contributed by atoms with Crippen molar-refractivity contribution in [3.8, 4) is 0 Å². The van der Waals surface area contributed by atoms with Crippen LogP contribution >= 0.6 is 0 Å². The van der Waals surface area contributed by atoms with Crippen LogP contribution in [0.5, 0.6) is 0 Å². The standard InChI is InChI=1S/C22H32F4N4O/c23-19-20(27-12-15-4-1-2-6-18(15)31)28-13-29-21(19)30-11-3-5-17(30)14-7-9-16(10-8-14)22(24,25)26/h7-10,15,17-21,27-29,31H,1-6,11-13H2/t15?,17-,18?,19?,20?,21?/m1/s1. The van der Waals surface area contributed by atoms with Crippen LogP contribution in [0.1, 0.15) is 55.7 Å². The van der Waals surface area contributed by atoms with Gasteiger partial charge < -0.3 is 5.11 Å². The minimum Gasteiger partial charge on any atom is -0.393 e. The van der Waals surface area contributed by atoms with E-state index in [-0.39, 0.29) is 18.1 Å². The predicted molar refractivity (Wildman–Crippen MR) is 110 cm³/mol. The van der Waals surface area contributed by atoms with Gasteiger partial charge in [0.15, 0.2) is 6.17 Å². The summed E-state index contributed by atoms with van der Waals surface area (Å²) in [5.74, 6) is 0.141. The normalized spacial score (nSPS) is 35.4. The average Bonchev–Trinajstić information content (AvgIpc) is 3.23. The molecule has 4 N–H and O–H groups in total. The molecule has 0 bridgehead atoms. The third-order valence-electron chi connectivity index (χ3n) is 7.00. The Balaban J connectivity index is 1.40. The number of aliphatic hydroxyl groups is 1. The molecule has 9 heteroatoms. The molecule has 4 rings (SSSR count). The quantitative estimate of drug-likeness (QED) is 0.526. The van der Waals surface area contributed by atoms with Crippen LogP contribution in [0, 0.1) is 5.92 Å². The lowest BCUT2D eigenvalue weighted by Gasteiger charge is -2.43. The minimum absolute atomic E-state index is 0.114. The first-order chi connectivity index (χ1) is 14.8. The maximum atomic E-state index is 15.5. The molecule has 0 amide bonds. The molecule has 2 heterocycles. The van der Waals surface area contributed by atoms with Crippen LogP contribution < -0.4 is 16.0 Å². The van der Waals surface area contributed by atoms with Gasteiger partial charge in [0.2, 0.25) is 0 Å². The number of hydrogen-bond acceptors (Lipinski definition) is 5. The number of hydrogen-bond donors (Lipinski definition) is 4. The Bertz CT molecular complexity index is 716. The van der Waals surface area contributed by atoms with Gasteiger partial charge in [-0.3, -0.25) is 20.9 Å². The Morgan fingerprint density at radius 2 is 1.77 bits per heavy atom. The van der Waals surface area contributed by atoms with Crippen LogP contribution in [0.15, 0.2) is 24.3 Å². The second-order valence-electron chi connectivity index (χ2n) is 8.99. The van der Waals surface area contributed by atoms with Gasteiger partial charge in [0.05, 0.1) is 24.0 Å². The highest BCUT2D eigenvalue weighted by Gasteiger charge is 2.42. The fraction of sp³-hybridized carbons (Fsp3) is 0.727. The van der Waals surface area contributed by atoms with Gasteiger partial charge in [0.25, 0.3) is 0 Å². The summed E-state index contributed by atoms with van der Waals surface area (Å²) >= 11 is 0. The average molecular weight is 445 g/mol. The molecule has 2 saturated heterocycles. The summed E-state index contributed by atoms with van der Waals surface area (Å²) in [6.45, 7) is 1.69. The molecule has 1 saturated carbocycles. The highest BCUT2D eigenvalue weighted by Crippen LogP contribution is 2.37. The molecule has 0 spiro atoms. The molecule has 2 aliphatic heterocycles. The second-order valence-corrected chi connectivity index (χ2v) is 8.99. The zero-order valence-electron chi connectivity index (χ0n) is 17.5. The van der Waals surface area contributed by atoms with E-state index in [1.165, 1.54) is 12.1 Å². The number of rotatable bonds is 5. The van der Waals surface area contributed by atoms with Gasteiger partial charge in [-0.1, -0.05) is 25.0 Å². The second kappa shape index (κ2) is 9.70. The zero-order valence-corrected chi connectivity index (χ0v) is 17.5. The van der Waals surface area contributed by atoms with E-state index in [1.807, 2.05) is 4.90 Å². The van der Waals surface area contributed by atoms with Crippen molar-refractivity contribution < 1.29 is 22.7 Å². The van der Waals surface area contributed by atoms with Gasteiger partial charge in [-0.2, -0.15) is 13.2 Å². The van der Waals surface area contributed by atoms with E-state index in [0.717, 1.165) is 56.2 Å². The van der Waals surface area contributed by atoms with E-state index in [9.17, 15) is 18.3 Å². The first-order valence-corrected chi connectivity index (χ1v) is 11.3. The van der Waals surface area contributed by atoms with Crippen molar-refractivity contribution in [2.45, 2.75) is 75.4 Å². The van der Waals surface area contributed by atoms with Gasteiger partial charge >= 0.3 is 6.18 Å².